The molecule has 2 aromatic heterocycles. The van der Waals surface area contributed by atoms with Crippen molar-refractivity contribution in [3.63, 3.8) is 0 Å². The minimum absolute atomic E-state index is 0.0236. The van der Waals surface area contributed by atoms with E-state index in [4.69, 9.17) is 0 Å². The van der Waals surface area contributed by atoms with Crippen molar-refractivity contribution < 1.29 is 4.39 Å². The van der Waals surface area contributed by atoms with Gasteiger partial charge in [-0.15, -0.1) is 11.3 Å². The monoisotopic (exact) mass is 288 g/mol. The first-order valence-electron chi connectivity index (χ1n) is 6.43. The molecule has 3 nitrogen and oxygen atoms in total. The molecule has 0 fully saturated rings. The highest BCUT2D eigenvalue weighted by Gasteiger charge is 2.12. The van der Waals surface area contributed by atoms with Crippen LogP contribution in [0.2, 0.25) is 0 Å². The highest BCUT2D eigenvalue weighted by molar-refractivity contribution is 7.17. The maximum absolute atomic E-state index is 13.3. The third-order valence-corrected chi connectivity index (χ3v) is 4.10. The summed E-state index contributed by atoms with van der Waals surface area (Å²) in [7, 11) is 0. The van der Waals surface area contributed by atoms with E-state index in [-0.39, 0.29) is 11.4 Å². The molecule has 0 saturated carbocycles. The number of fused-ring (bicyclic) bond motifs is 1. The van der Waals surface area contributed by atoms with Gasteiger partial charge in [0, 0.05) is 17.5 Å². The fraction of sp³-hybridized carbons (Fsp3) is 0.200. The maximum Gasteiger partial charge on any atom is 0.271 e. The molecule has 0 atom stereocenters. The maximum atomic E-state index is 13.3. The van der Waals surface area contributed by atoms with E-state index in [1.165, 1.54) is 23.5 Å². The summed E-state index contributed by atoms with van der Waals surface area (Å²) in [5, 5.41) is 1.87. The lowest BCUT2D eigenvalue weighted by atomic mass is 10.1. The molecule has 0 bridgehead atoms. The predicted molar refractivity (Wildman–Crippen MR) is 79.6 cm³/mol. The molecular weight excluding hydrogens is 275 g/mol. The molecule has 0 aliphatic rings. The van der Waals surface area contributed by atoms with Crippen LogP contribution in [0, 0.1) is 5.82 Å². The third-order valence-electron chi connectivity index (χ3n) is 3.15. The van der Waals surface area contributed by atoms with Gasteiger partial charge in [-0.2, -0.15) is 0 Å². The topological polar surface area (TPSA) is 34.9 Å². The Hall–Kier alpha value is -2.01. The molecule has 20 heavy (non-hydrogen) atoms. The van der Waals surface area contributed by atoms with Crippen LogP contribution in [0.25, 0.3) is 21.3 Å². The largest absolute Gasteiger partial charge is 0.298 e. The Morgan fingerprint density at radius 2 is 2.25 bits per heavy atom. The number of rotatable bonds is 3. The number of hydrogen-bond acceptors (Lipinski definition) is 3. The first kappa shape index (κ1) is 13.0. The molecule has 0 aliphatic heterocycles. The molecule has 5 heteroatoms. The van der Waals surface area contributed by atoms with Crippen LogP contribution >= 0.6 is 11.3 Å². The Balaban J connectivity index is 2.20. The smallest absolute Gasteiger partial charge is 0.271 e. The van der Waals surface area contributed by atoms with Gasteiger partial charge >= 0.3 is 0 Å². The summed E-state index contributed by atoms with van der Waals surface area (Å²) in [5.74, 6) is -0.291. The fourth-order valence-electron chi connectivity index (χ4n) is 2.20. The molecule has 0 unspecified atom stereocenters. The Bertz CT molecular complexity index is 822. The van der Waals surface area contributed by atoms with Crippen molar-refractivity contribution in [1.29, 1.82) is 0 Å². The van der Waals surface area contributed by atoms with Gasteiger partial charge in [0.1, 0.15) is 10.5 Å². The van der Waals surface area contributed by atoms with Gasteiger partial charge in [-0.05, 0) is 24.1 Å². The van der Waals surface area contributed by atoms with Gasteiger partial charge in [0.15, 0.2) is 0 Å². The number of benzene rings is 1. The van der Waals surface area contributed by atoms with Crippen molar-refractivity contribution in [3.05, 3.63) is 52.1 Å². The zero-order chi connectivity index (χ0) is 14.1. The Morgan fingerprint density at radius 3 is 3.00 bits per heavy atom. The normalized spacial score (nSPS) is 11.1. The Labute approximate surface area is 119 Å². The van der Waals surface area contributed by atoms with Gasteiger partial charge in [-0.1, -0.05) is 19.1 Å². The molecule has 0 spiro atoms. The molecule has 0 aliphatic carbocycles. The van der Waals surface area contributed by atoms with E-state index in [2.05, 4.69) is 4.98 Å². The van der Waals surface area contributed by atoms with Crippen molar-refractivity contribution in [3.8, 4) is 11.1 Å². The first-order valence-corrected chi connectivity index (χ1v) is 7.31. The Morgan fingerprint density at radius 1 is 1.40 bits per heavy atom. The van der Waals surface area contributed by atoms with Crippen LogP contribution in [0.3, 0.4) is 0 Å². The van der Waals surface area contributed by atoms with Crippen LogP contribution in [0.1, 0.15) is 13.3 Å². The second kappa shape index (κ2) is 5.17. The zero-order valence-electron chi connectivity index (χ0n) is 11.0. The summed E-state index contributed by atoms with van der Waals surface area (Å²) in [5.41, 5.74) is 2.18. The number of thiophene rings is 1. The molecule has 0 N–H and O–H groups in total. The molecular formula is C15H13FN2OS. The van der Waals surface area contributed by atoms with E-state index in [1.54, 1.807) is 17.0 Å². The van der Waals surface area contributed by atoms with Crippen molar-refractivity contribution in [1.82, 2.24) is 9.55 Å². The second-order valence-electron chi connectivity index (χ2n) is 4.58. The summed E-state index contributed by atoms with van der Waals surface area (Å²) >= 11 is 1.36. The van der Waals surface area contributed by atoms with Gasteiger partial charge in [0.25, 0.3) is 5.56 Å². The van der Waals surface area contributed by atoms with Gasteiger partial charge in [-0.3, -0.25) is 9.36 Å². The highest BCUT2D eigenvalue weighted by Crippen LogP contribution is 2.30. The van der Waals surface area contributed by atoms with E-state index >= 15 is 0 Å². The van der Waals surface area contributed by atoms with Crippen LogP contribution in [0.5, 0.6) is 0 Å². The van der Waals surface area contributed by atoms with E-state index in [0.29, 0.717) is 16.8 Å². The van der Waals surface area contributed by atoms with Crippen LogP contribution in [-0.4, -0.2) is 9.55 Å². The minimum atomic E-state index is -0.291. The highest BCUT2D eigenvalue weighted by atomic mass is 32.1. The standard InChI is InChI=1S/C15H13FN2OS/c1-2-6-18-9-17-13-12(8-20-14(13)15(18)19)10-4-3-5-11(16)7-10/h3-5,7-9H,2,6H2,1H3. The summed E-state index contributed by atoms with van der Waals surface area (Å²) in [6.07, 6.45) is 2.46. The number of aryl methyl sites for hydroxylation is 1. The van der Waals surface area contributed by atoms with E-state index < -0.39 is 0 Å². The lowest BCUT2D eigenvalue weighted by molar-refractivity contribution is 0.628. The van der Waals surface area contributed by atoms with Crippen molar-refractivity contribution >= 4 is 21.6 Å². The first-order chi connectivity index (χ1) is 9.70. The number of halogens is 1. The fourth-order valence-corrected chi connectivity index (χ4v) is 3.18. The molecule has 3 aromatic rings. The minimum Gasteiger partial charge on any atom is -0.298 e. The van der Waals surface area contributed by atoms with Crippen LogP contribution < -0.4 is 5.56 Å². The van der Waals surface area contributed by atoms with Crippen molar-refractivity contribution in [2.45, 2.75) is 19.9 Å². The van der Waals surface area contributed by atoms with Crippen LogP contribution in [0.15, 0.2) is 40.8 Å². The van der Waals surface area contributed by atoms with Gasteiger partial charge in [-0.25, -0.2) is 9.37 Å². The third kappa shape index (κ3) is 2.14. The van der Waals surface area contributed by atoms with Gasteiger partial charge < -0.3 is 0 Å². The SMILES string of the molecule is CCCn1cnc2c(-c3cccc(F)c3)csc2c1=O. The molecule has 2 heterocycles. The second-order valence-corrected chi connectivity index (χ2v) is 5.46. The molecule has 1 aromatic carbocycles. The van der Waals surface area contributed by atoms with Gasteiger partial charge in [0.05, 0.1) is 11.8 Å². The summed E-state index contributed by atoms with van der Waals surface area (Å²) in [6.45, 7) is 2.68. The molecule has 102 valence electrons. The van der Waals surface area contributed by atoms with Crippen molar-refractivity contribution in [2.75, 3.05) is 0 Å². The summed E-state index contributed by atoms with van der Waals surface area (Å²) in [4.78, 5) is 16.7. The van der Waals surface area contributed by atoms with Crippen molar-refractivity contribution in [2.24, 2.45) is 0 Å². The zero-order valence-corrected chi connectivity index (χ0v) is 11.8. The molecule has 3 rings (SSSR count). The number of aromatic nitrogens is 2. The van der Waals surface area contributed by atoms with Gasteiger partial charge in [0.2, 0.25) is 0 Å². The number of hydrogen-bond donors (Lipinski definition) is 0. The molecule has 0 amide bonds. The molecule has 0 radical (unpaired) electrons. The van der Waals surface area contributed by atoms with Crippen LogP contribution in [0.4, 0.5) is 4.39 Å². The summed E-state index contributed by atoms with van der Waals surface area (Å²) < 4.78 is 15.6. The lowest BCUT2D eigenvalue weighted by Gasteiger charge is -2.03. The van der Waals surface area contributed by atoms with E-state index in [1.807, 2.05) is 18.4 Å². The average Bonchev–Trinajstić information content (AvgIpc) is 2.87. The molecule has 0 saturated heterocycles. The van der Waals surface area contributed by atoms with E-state index in [9.17, 15) is 9.18 Å². The number of nitrogens with zero attached hydrogens (tertiary/aromatic N) is 2. The lowest BCUT2D eigenvalue weighted by Crippen LogP contribution is -2.19. The van der Waals surface area contributed by atoms with E-state index in [0.717, 1.165) is 17.5 Å². The van der Waals surface area contributed by atoms with Crippen LogP contribution in [-0.2, 0) is 6.54 Å². The quantitative estimate of drug-likeness (QED) is 0.737. The summed E-state index contributed by atoms with van der Waals surface area (Å²) in [6, 6.07) is 6.34. The Kier molecular flexibility index (Phi) is 3.36. The average molecular weight is 288 g/mol. The predicted octanol–water partition coefficient (Wildman–Crippen LogP) is 3.67.